The highest BCUT2D eigenvalue weighted by molar-refractivity contribution is 7.89. The lowest BCUT2D eigenvalue weighted by Gasteiger charge is -2.22. The average Bonchev–Trinajstić information content (AvgIpc) is 3.08. The number of amidine groups is 1. The largest absolute Gasteiger partial charge is 0.494 e. The first kappa shape index (κ1) is 17.1. The van der Waals surface area contributed by atoms with Crippen LogP contribution in [-0.4, -0.2) is 38.8 Å². The third-order valence-corrected chi connectivity index (χ3v) is 6.22. The summed E-state index contributed by atoms with van der Waals surface area (Å²) in [6.45, 7) is 0.656. The van der Waals surface area contributed by atoms with Crippen LogP contribution in [-0.2, 0) is 10.0 Å². The van der Waals surface area contributed by atoms with Crippen molar-refractivity contribution in [1.82, 2.24) is 4.31 Å². The van der Waals surface area contributed by atoms with Gasteiger partial charge in [0.2, 0.25) is 0 Å². The van der Waals surface area contributed by atoms with Crippen molar-refractivity contribution in [3.05, 3.63) is 58.1 Å². The molecule has 2 aromatic rings. The van der Waals surface area contributed by atoms with Gasteiger partial charge in [-0.05, 0) is 12.1 Å². The number of sulfonamides is 1. The Bertz CT molecular complexity index is 899. The number of ether oxygens (including phenoxy) is 1. The lowest BCUT2D eigenvalue weighted by Crippen LogP contribution is -2.35. The van der Waals surface area contributed by atoms with Crippen molar-refractivity contribution in [3.63, 3.8) is 0 Å². The maximum atomic E-state index is 13.1. The molecule has 0 spiro atoms. The highest BCUT2D eigenvalue weighted by Gasteiger charge is 2.34. The third kappa shape index (κ3) is 2.85. The van der Waals surface area contributed by atoms with Gasteiger partial charge in [-0.1, -0.05) is 53.5 Å². The van der Waals surface area contributed by atoms with E-state index >= 15 is 0 Å². The van der Waals surface area contributed by atoms with E-state index in [1.54, 1.807) is 0 Å². The van der Waals surface area contributed by atoms with Gasteiger partial charge in [0.15, 0.2) is 5.75 Å². The molecule has 0 N–H and O–H groups in total. The van der Waals surface area contributed by atoms with Crippen molar-refractivity contribution in [3.8, 4) is 5.75 Å². The van der Waals surface area contributed by atoms with Crippen molar-refractivity contribution in [2.45, 2.75) is 4.90 Å². The number of halogens is 2. The van der Waals surface area contributed by atoms with E-state index in [2.05, 4.69) is 4.99 Å². The summed E-state index contributed by atoms with van der Waals surface area (Å²) in [5, 5.41) is 0.295. The van der Waals surface area contributed by atoms with Gasteiger partial charge in [0.1, 0.15) is 15.8 Å². The van der Waals surface area contributed by atoms with Crippen molar-refractivity contribution in [2.24, 2.45) is 4.99 Å². The number of benzene rings is 2. The molecule has 1 aliphatic heterocycles. The van der Waals surface area contributed by atoms with Crippen LogP contribution in [0.25, 0.3) is 0 Å². The Balaban J connectivity index is 2.09. The molecule has 126 valence electrons. The Labute approximate surface area is 150 Å². The summed E-state index contributed by atoms with van der Waals surface area (Å²) in [5.41, 5.74) is 0.734. The van der Waals surface area contributed by atoms with Gasteiger partial charge in [0.05, 0.1) is 25.2 Å². The maximum absolute atomic E-state index is 13.1. The average molecular weight is 385 g/mol. The van der Waals surface area contributed by atoms with Crippen LogP contribution in [0.15, 0.2) is 52.4 Å². The number of hydrogen-bond donors (Lipinski definition) is 0. The van der Waals surface area contributed by atoms with Crippen LogP contribution < -0.4 is 4.74 Å². The predicted molar refractivity (Wildman–Crippen MR) is 94.8 cm³/mol. The van der Waals surface area contributed by atoms with Crippen LogP contribution in [0.3, 0.4) is 0 Å². The number of rotatable bonds is 4. The Kier molecular flexibility index (Phi) is 4.71. The van der Waals surface area contributed by atoms with E-state index in [0.29, 0.717) is 12.4 Å². The second kappa shape index (κ2) is 6.63. The van der Waals surface area contributed by atoms with Crippen molar-refractivity contribution in [1.29, 1.82) is 0 Å². The molecular formula is C16H14Cl2N2O3S. The fraction of sp³-hybridized carbons (Fsp3) is 0.188. The standard InChI is InChI=1S/C16H14Cl2N2O3S/c1-23-15-13(8-7-12(17)14(15)18)24(21,22)20-10-9-19-16(20)11-5-3-2-4-6-11/h2-8H,9-10H2,1H3. The van der Waals surface area contributed by atoms with E-state index in [1.807, 2.05) is 30.3 Å². The topological polar surface area (TPSA) is 59.0 Å². The summed E-state index contributed by atoms with van der Waals surface area (Å²) in [7, 11) is -2.53. The molecule has 1 heterocycles. The van der Waals surface area contributed by atoms with Crippen LogP contribution in [0.1, 0.15) is 5.56 Å². The van der Waals surface area contributed by atoms with Gasteiger partial charge < -0.3 is 4.74 Å². The van der Waals surface area contributed by atoms with Crippen LogP contribution >= 0.6 is 23.2 Å². The van der Waals surface area contributed by atoms with Gasteiger partial charge in [0, 0.05) is 5.56 Å². The smallest absolute Gasteiger partial charge is 0.269 e. The Hall–Kier alpha value is -1.76. The molecule has 2 aromatic carbocycles. The molecule has 0 atom stereocenters. The zero-order valence-corrected chi connectivity index (χ0v) is 15.1. The van der Waals surface area contributed by atoms with Crippen LogP contribution in [0.4, 0.5) is 0 Å². The van der Waals surface area contributed by atoms with Gasteiger partial charge in [-0.15, -0.1) is 0 Å². The highest BCUT2D eigenvalue weighted by atomic mass is 35.5. The first-order chi connectivity index (χ1) is 11.5. The van der Waals surface area contributed by atoms with Crippen molar-refractivity contribution >= 4 is 39.1 Å². The molecule has 8 heteroatoms. The fourth-order valence-electron chi connectivity index (χ4n) is 2.51. The first-order valence-corrected chi connectivity index (χ1v) is 9.31. The van der Waals surface area contributed by atoms with Crippen LogP contribution in [0.2, 0.25) is 10.0 Å². The Morgan fingerprint density at radius 3 is 2.50 bits per heavy atom. The number of methoxy groups -OCH3 is 1. The molecule has 0 saturated heterocycles. The van der Waals surface area contributed by atoms with Gasteiger partial charge in [-0.2, -0.15) is 0 Å². The second-order valence-electron chi connectivity index (χ2n) is 5.04. The molecule has 0 unspecified atom stereocenters. The van der Waals surface area contributed by atoms with E-state index in [0.717, 1.165) is 5.56 Å². The third-order valence-electron chi connectivity index (χ3n) is 3.62. The van der Waals surface area contributed by atoms with E-state index < -0.39 is 10.0 Å². The van der Waals surface area contributed by atoms with Crippen molar-refractivity contribution in [2.75, 3.05) is 20.2 Å². The van der Waals surface area contributed by atoms with E-state index in [1.165, 1.54) is 23.5 Å². The van der Waals surface area contributed by atoms with Gasteiger partial charge >= 0.3 is 0 Å². The SMILES string of the molecule is COc1c(S(=O)(=O)N2CCN=C2c2ccccc2)ccc(Cl)c1Cl. The molecule has 1 aliphatic rings. The summed E-state index contributed by atoms with van der Waals surface area (Å²) < 4.78 is 32.7. The molecule has 0 aromatic heterocycles. The minimum atomic E-state index is -3.88. The molecular weight excluding hydrogens is 371 g/mol. The second-order valence-corrected chi connectivity index (χ2v) is 7.66. The van der Waals surface area contributed by atoms with Gasteiger partial charge in [-0.25, -0.2) is 12.7 Å². The molecule has 0 saturated carbocycles. The molecule has 0 bridgehead atoms. The number of hydrogen-bond acceptors (Lipinski definition) is 4. The molecule has 3 rings (SSSR count). The predicted octanol–water partition coefficient (Wildman–Crippen LogP) is 3.45. The van der Waals surface area contributed by atoms with E-state index in [-0.39, 0.29) is 27.2 Å². The monoisotopic (exact) mass is 384 g/mol. The normalized spacial score (nSPS) is 14.6. The summed E-state index contributed by atoms with van der Waals surface area (Å²) in [5.74, 6) is 0.437. The summed E-state index contributed by atoms with van der Waals surface area (Å²) in [6, 6.07) is 12.0. The summed E-state index contributed by atoms with van der Waals surface area (Å²) in [4.78, 5) is 4.30. The van der Waals surface area contributed by atoms with Gasteiger partial charge in [-0.3, -0.25) is 4.99 Å². The Morgan fingerprint density at radius 2 is 1.83 bits per heavy atom. The highest BCUT2D eigenvalue weighted by Crippen LogP contribution is 2.39. The van der Waals surface area contributed by atoms with Crippen LogP contribution in [0, 0.1) is 0 Å². The van der Waals surface area contributed by atoms with Crippen molar-refractivity contribution < 1.29 is 13.2 Å². The molecule has 0 aliphatic carbocycles. The summed E-state index contributed by atoms with van der Waals surface area (Å²) >= 11 is 12.0. The zero-order valence-electron chi connectivity index (χ0n) is 12.7. The number of aliphatic imine (C=N–C) groups is 1. The minimum absolute atomic E-state index is 0.0310. The molecule has 5 nitrogen and oxygen atoms in total. The lowest BCUT2D eigenvalue weighted by atomic mass is 10.2. The molecule has 0 amide bonds. The van der Waals surface area contributed by atoms with Gasteiger partial charge in [0.25, 0.3) is 10.0 Å². The number of nitrogens with zero attached hydrogens (tertiary/aromatic N) is 2. The minimum Gasteiger partial charge on any atom is -0.494 e. The first-order valence-electron chi connectivity index (χ1n) is 7.11. The summed E-state index contributed by atoms with van der Waals surface area (Å²) in [6.07, 6.45) is 0. The molecule has 0 fully saturated rings. The van der Waals surface area contributed by atoms with E-state index in [9.17, 15) is 8.42 Å². The molecule has 0 radical (unpaired) electrons. The fourth-order valence-corrected chi connectivity index (χ4v) is 4.57. The van der Waals surface area contributed by atoms with E-state index in [4.69, 9.17) is 27.9 Å². The quantitative estimate of drug-likeness (QED) is 0.810. The maximum Gasteiger partial charge on any atom is 0.269 e. The Morgan fingerprint density at radius 1 is 1.12 bits per heavy atom. The lowest BCUT2D eigenvalue weighted by molar-refractivity contribution is 0.401. The van der Waals surface area contributed by atoms with Crippen LogP contribution in [0.5, 0.6) is 5.75 Å². The molecule has 24 heavy (non-hydrogen) atoms. The zero-order chi connectivity index (χ0) is 17.3.